The number of nitro benzene ring substituents is 1. The fourth-order valence-electron chi connectivity index (χ4n) is 2.39. The highest BCUT2D eigenvalue weighted by Crippen LogP contribution is 2.27. The van der Waals surface area contributed by atoms with Crippen LogP contribution >= 0.6 is 24.0 Å². The van der Waals surface area contributed by atoms with Crippen LogP contribution in [0.1, 0.15) is 25.7 Å². The van der Waals surface area contributed by atoms with Crippen LogP contribution in [0.2, 0.25) is 5.02 Å². The third kappa shape index (κ3) is 4.30. The molecule has 0 saturated heterocycles. The highest BCUT2D eigenvalue weighted by atomic mass is 35.5. The Morgan fingerprint density at radius 3 is 2.50 bits per heavy atom. The number of nitrogens with zero attached hydrogens (tertiary/aromatic N) is 1. The maximum atomic E-state index is 12.3. The molecule has 0 bridgehead atoms. The molecule has 3 N–H and O–H groups in total. The second kappa shape index (κ2) is 7.56. The Balaban J connectivity index is 0.00000242. The van der Waals surface area contributed by atoms with Gasteiger partial charge in [0.15, 0.2) is 0 Å². The van der Waals surface area contributed by atoms with E-state index in [0.29, 0.717) is 6.42 Å². The summed E-state index contributed by atoms with van der Waals surface area (Å²) in [6, 6.07) is 2.70. The highest BCUT2D eigenvalue weighted by molar-refractivity contribution is 7.89. The van der Waals surface area contributed by atoms with Crippen LogP contribution in [0.3, 0.4) is 0 Å². The topological polar surface area (TPSA) is 115 Å². The van der Waals surface area contributed by atoms with E-state index in [9.17, 15) is 18.5 Å². The SMILES string of the molecule is Cl.N[C@@H]1CCCC[C@H]1NS(=O)(=O)c1ccc([N+](=O)[O-])cc1Cl. The van der Waals surface area contributed by atoms with Gasteiger partial charge in [0.25, 0.3) is 5.69 Å². The van der Waals surface area contributed by atoms with Crippen LogP contribution in [-0.2, 0) is 10.0 Å². The van der Waals surface area contributed by atoms with Crippen molar-refractivity contribution in [1.29, 1.82) is 0 Å². The summed E-state index contributed by atoms with van der Waals surface area (Å²) in [5.74, 6) is 0. The monoisotopic (exact) mass is 369 g/mol. The van der Waals surface area contributed by atoms with E-state index in [1.165, 1.54) is 0 Å². The Labute approximate surface area is 139 Å². The number of hydrogen-bond donors (Lipinski definition) is 2. The first-order chi connectivity index (χ1) is 9.81. The van der Waals surface area contributed by atoms with Crippen molar-refractivity contribution in [2.45, 2.75) is 42.7 Å². The van der Waals surface area contributed by atoms with E-state index in [0.717, 1.165) is 37.5 Å². The number of sulfonamides is 1. The molecule has 2 atom stereocenters. The molecule has 0 amide bonds. The lowest BCUT2D eigenvalue weighted by Crippen LogP contribution is -2.49. The summed E-state index contributed by atoms with van der Waals surface area (Å²) in [4.78, 5) is 9.83. The van der Waals surface area contributed by atoms with Crippen LogP contribution in [-0.4, -0.2) is 25.4 Å². The van der Waals surface area contributed by atoms with E-state index in [4.69, 9.17) is 17.3 Å². The number of halogens is 2. The first-order valence-electron chi connectivity index (χ1n) is 6.53. The molecule has 1 fully saturated rings. The van der Waals surface area contributed by atoms with Gasteiger partial charge < -0.3 is 5.73 Å². The standard InChI is InChI=1S/C12H16ClN3O4S.ClH/c13-9-7-8(16(17)18)5-6-12(9)21(19,20)15-11-4-2-1-3-10(11)14;/h5-7,10-11,15H,1-4,14H2;1H/t10-,11-;/m1./s1. The molecule has 0 radical (unpaired) electrons. The molecule has 2 rings (SSSR count). The van der Waals surface area contributed by atoms with Gasteiger partial charge in [-0.1, -0.05) is 24.4 Å². The van der Waals surface area contributed by atoms with E-state index < -0.39 is 14.9 Å². The summed E-state index contributed by atoms with van der Waals surface area (Å²) < 4.78 is 27.2. The molecule has 0 spiro atoms. The summed E-state index contributed by atoms with van der Waals surface area (Å²) in [5, 5.41) is 10.5. The average molecular weight is 370 g/mol. The average Bonchev–Trinajstić information content (AvgIpc) is 2.40. The van der Waals surface area contributed by atoms with Gasteiger partial charge in [0.05, 0.1) is 9.95 Å². The number of nitrogens with two attached hydrogens (primary N) is 1. The normalized spacial score (nSPS) is 21.9. The zero-order chi connectivity index (χ0) is 15.6. The molecule has 1 aliphatic carbocycles. The van der Waals surface area contributed by atoms with Gasteiger partial charge in [-0.05, 0) is 18.9 Å². The van der Waals surface area contributed by atoms with E-state index in [2.05, 4.69) is 4.72 Å². The van der Waals surface area contributed by atoms with E-state index in [1.54, 1.807) is 0 Å². The van der Waals surface area contributed by atoms with Crippen LogP contribution in [0, 0.1) is 10.1 Å². The first-order valence-corrected chi connectivity index (χ1v) is 8.39. The second-order valence-corrected chi connectivity index (χ2v) is 7.14. The molecular formula is C12H17Cl2N3O4S. The van der Waals surface area contributed by atoms with Crippen molar-refractivity contribution >= 4 is 39.7 Å². The van der Waals surface area contributed by atoms with Crippen molar-refractivity contribution in [2.75, 3.05) is 0 Å². The lowest BCUT2D eigenvalue weighted by molar-refractivity contribution is -0.384. The summed E-state index contributed by atoms with van der Waals surface area (Å²) in [6.07, 6.45) is 3.33. The zero-order valence-corrected chi connectivity index (χ0v) is 14.0. The summed E-state index contributed by atoms with van der Waals surface area (Å²) in [5.41, 5.74) is 5.66. The van der Waals surface area contributed by atoms with Crippen molar-refractivity contribution in [3.05, 3.63) is 33.3 Å². The molecule has 0 aliphatic heterocycles. The van der Waals surface area contributed by atoms with Crippen LogP contribution in [0.4, 0.5) is 5.69 Å². The predicted octanol–water partition coefficient (Wildman–Crippen LogP) is 2.22. The second-order valence-electron chi connectivity index (χ2n) is 5.05. The Morgan fingerprint density at radius 2 is 1.95 bits per heavy atom. The Bertz CT molecular complexity index is 654. The third-order valence-electron chi connectivity index (χ3n) is 3.54. The fourth-order valence-corrected chi connectivity index (χ4v) is 4.25. The van der Waals surface area contributed by atoms with Gasteiger partial charge >= 0.3 is 0 Å². The Morgan fingerprint density at radius 1 is 1.32 bits per heavy atom. The van der Waals surface area contributed by atoms with Crippen LogP contribution in [0.15, 0.2) is 23.1 Å². The van der Waals surface area contributed by atoms with E-state index >= 15 is 0 Å². The van der Waals surface area contributed by atoms with Gasteiger partial charge in [-0.25, -0.2) is 13.1 Å². The minimum atomic E-state index is -3.85. The Kier molecular flexibility index (Phi) is 6.57. The van der Waals surface area contributed by atoms with Gasteiger partial charge in [-0.3, -0.25) is 10.1 Å². The third-order valence-corrected chi connectivity index (χ3v) is 5.51. The van der Waals surface area contributed by atoms with Crippen molar-refractivity contribution in [3.8, 4) is 0 Å². The predicted molar refractivity (Wildman–Crippen MR) is 85.9 cm³/mol. The van der Waals surface area contributed by atoms with Crippen molar-refractivity contribution in [2.24, 2.45) is 5.73 Å². The minimum Gasteiger partial charge on any atom is -0.326 e. The van der Waals surface area contributed by atoms with Crippen LogP contribution in [0.5, 0.6) is 0 Å². The van der Waals surface area contributed by atoms with Gasteiger partial charge in [-0.15, -0.1) is 12.4 Å². The maximum Gasteiger partial charge on any atom is 0.271 e. The maximum absolute atomic E-state index is 12.3. The number of nitro groups is 1. The molecule has 0 unspecified atom stereocenters. The highest BCUT2D eigenvalue weighted by Gasteiger charge is 2.28. The van der Waals surface area contributed by atoms with Gasteiger partial charge in [0, 0.05) is 24.2 Å². The molecule has 1 aromatic carbocycles. The molecule has 22 heavy (non-hydrogen) atoms. The van der Waals surface area contributed by atoms with Gasteiger partial charge in [0.2, 0.25) is 10.0 Å². The molecule has 1 aliphatic rings. The zero-order valence-electron chi connectivity index (χ0n) is 11.6. The van der Waals surface area contributed by atoms with Crippen molar-refractivity contribution < 1.29 is 13.3 Å². The summed E-state index contributed by atoms with van der Waals surface area (Å²) >= 11 is 5.86. The van der Waals surface area contributed by atoms with Crippen LogP contribution in [0.25, 0.3) is 0 Å². The number of hydrogen-bond acceptors (Lipinski definition) is 5. The fraction of sp³-hybridized carbons (Fsp3) is 0.500. The first kappa shape index (κ1) is 19.1. The molecule has 1 aromatic rings. The molecule has 7 nitrogen and oxygen atoms in total. The van der Waals surface area contributed by atoms with Gasteiger partial charge in [-0.2, -0.15) is 0 Å². The molecule has 0 heterocycles. The number of nitrogens with one attached hydrogen (secondary N) is 1. The largest absolute Gasteiger partial charge is 0.326 e. The van der Waals surface area contributed by atoms with E-state index in [-0.39, 0.29) is 40.1 Å². The summed E-state index contributed by atoms with van der Waals surface area (Å²) in [7, 11) is -3.85. The lowest BCUT2D eigenvalue weighted by atomic mass is 9.92. The van der Waals surface area contributed by atoms with E-state index in [1.807, 2.05) is 0 Å². The quantitative estimate of drug-likeness (QED) is 0.623. The lowest BCUT2D eigenvalue weighted by Gasteiger charge is -2.29. The number of rotatable bonds is 4. The Hall–Kier alpha value is -0.930. The molecule has 0 aromatic heterocycles. The van der Waals surface area contributed by atoms with Crippen LogP contribution < -0.4 is 10.5 Å². The minimum absolute atomic E-state index is 0. The smallest absolute Gasteiger partial charge is 0.271 e. The van der Waals surface area contributed by atoms with Crippen molar-refractivity contribution in [3.63, 3.8) is 0 Å². The molecule has 10 heteroatoms. The number of benzene rings is 1. The van der Waals surface area contributed by atoms with Crippen molar-refractivity contribution in [1.82, 2.24) is 4.72 Å². The molecule has 1 saturated carbocycles. The molecule has 124 valence electrons. The number of non-ortho nitro benzene ring substituents is 1. The molecular weight excluding hydrogens is 353 g/mol. The summed E-state index contributed by atoms with van der Waals surface area (Å²) in [6.45, 7) is 0. The van der Waals surface area contributed by atoms with Gasteiger partial charge in [0.1, 0.15) is 4.90 Å².